The van der Waals surface area contributed by atoms with Crippen LogP contribution in [0.3, 0.4) is 0 Å². The van der Waals surface area contributed by atoms with E-state index in [4.69, 9.17) is 4.74 Å². The second-order valence-corrected chi connectivity index (χ2v) is 6.21. The maximum absolute atomic E-state index is 14.0. The molecule has 0 aromatic carbocycles. The Bertz CT molecular complexity index is 716. The van der Waals surface area contributed by atoms with Crippen LogP contribution in [0, 0.1) is 32.5 Å². The van der Waals surface area contributed by atoms with Gasteiger partial charge in [-0.25, -0.2) is 15.0 Å². The van der Waals surface area contributed by atoms with E-state index < -0.39 is 5.82 Å². The van der Waals surface area contributed by atoms with Gasteiger partial charge in [-0.05, 0) is 45.6 Å². The number of rotatable bonds is 4. The van der Waals surface area contributed by atoms with Crippen molar-refractivity contribution in [2.75, 3.05) is 24.6 Å². The van der Waals surface area contributed by atoms with Crippen molar-refractivity contribution in [2.45, 2.75) is 33.6 Å². The largest absolute Gasteiger partial charge is 0.475 e. The molecule has 0 N–H and O–H groups in total. The lowest BCUT2D eigenvalue weighted by atomic mass is 9.98. The molecule has 0 bridgehead atoms. The molecule has 0 saturated carbocycles. The van der Waals surface area contributed by atoms with Crippen molar-refractivity contribution in [1.82, 2.24) is 19.9 Å². The van der Waals surface area contributed by atoms with Crippen molar-refractivity contribution in [3.8, 4) is 5.88 Å². The molecule has 3 rings (SSSR count). The summed E-state index contributed by atoms with van der Waals surface area (Å²) in [5.41, 5.74) is 1.29. The van der Waals surface area contributed by atoms with E-state index in [0.29, 0.717) is 24.0 Å². The average molecular weight is 331 g/mol. The normalized spacial score (nSPS) is 15.6. The number of hydrogen-bond donors (Lipinski definition) is 0. The lowest BCUT2D eigenvalue weighted by Crippen LogP contribution is -2.36. The quantitative estimate of drug-likeness (QED) is 0.858. The van der Waals surface area contributed by atoms with Gasteiger partial charge in [0.25, 0.3) is 5.88 Å². The minimum Gasteiger partial charge on any atom is -0.475 e. The lowest BCUT2D eigenvalue weighted by molar-refractivity contribution is 0.206. The first kappa shape index (κ1) is 16.5. The minimum absolute atomic E-state index is 0.0597. The molecule has 1 saturated heterocycles. The topological polar surface area (TPSA) is 64.0 Å². The Morgan fingerprint density at radius 2 is 1.92 bits per heavy atom. The number of halogens is 1. The first-order valence-electron chi connectivity index (χ1n) is 8.21. The van der Waals surface area contributed by atoms with E-state index in [2.05, 4.69) is 24.8 Å². The maximum Gasteiger partial charge on any atom is 0.254 e. The maximum atomic E-state index is 14.0. The van der Waals surface area contributed by atoms with Gasteiger partial charge in [-0.3, -0.25) is 0 Å². The molecule has 0 unspecified atom stereocenters. The Morgan fingerprint density at radius 3 is 2.62 bits per heavy atom. The fraction of sp³-hybridized carbons (Fsp3) is 0.529. The molecule has 7 heteroatoms. The standard InChI is InChI=1S/C17H22FN5O/c1-11-4-7-19-17(20-11)23-8-5-14(6-9-23)10-24-16-15(18)12(2)21-13(3)22-16/h4,7,14H,5-6,8-10H2,1-3H3. The van der Waals surface area contributed by atoms with Crippen LogP contribution in [0.5, 0.6) is 5.88 Å². The first-order valence-corrected chi connectivity index (χ1v) is 8.21. The summed E-state index contributed by atoms with van der Waals surface area (Å²) in [4.78, 5) is 19.0. The predicted molar refractivity (Wildman–Crippen MR) is 88.7 cm³/mol. The van der Waals surface area contributed by atoms with Crippen LogP contribution in [0.1, 0.15) is 30.1 Å². The lowest BCUT2D eigenvalue weighted by Gasteiger charge is -2.31. The molecule has 0 amide bonds. The van der Waals surface area contributed by atoms with E-state index in [1.54, 1.807) is 20.0 Å². The molecule has 2 aromatic rings. The molecule has 1 aliphatic rings. The van der Waals surface area contributed by atoms with Crippen LogP contribution in [-0.4, -0.2) is 39.6 Å². The Labute approximate surface area is 141 Å². The van der Waals surface area contributed by atoms with Gasteiger partial charge in [0.15, 0.2) is 0 Å². The Morgan fingerprint density at radius 1 is 1.17 bits per heavy atom. The molecule has 128 valence electrons. The molecule has 6 nitrogen and oxygen atoms in total. The number of aryl methyl sites for hydroxylation is 3. The molecular weight excluding hydrogens is 309 g/mol. The molecular formula is C17H22FN5O. The summed E-state index contributed by atoms with van der Waals surface area (Å²) in [6, 6.07) is 1.89. The number of hydrogen-bond acceptors (Lipinski definition) is 6. The first-order chi connectivity index (χ1) is 11.5. The smallest absolute Gasteiger partial charge is 0.254 e. The fourth-order valence-electron chi connectivity index (χ4n) is 2.85. The van der Waals surface area contributed by atoms with Gasteiger partial charge in [0, 0.05) is 25.0 Å². The zero-order valence-electron chi connectivity index (χ0n) is 14.3. The zero-order valence-corrected chi connectivity index (χ0v) is 14.3. The highest BCUT2D eigenvalue weighted by molar-refractivity contribution is 5.30. The number of aromatic nitrogens is 4. The molecule has 24 heavy (non-hydrogen) atoms. The van der Waals surface area contributed by atoms with Crippen LogP contribution in [0.2, 0.25) is 0 Å². The molecule has 2 aromatic heterocycles. The van der Waals surface area contributed by atoms with Gasteiger partial charge >= 0.3 is 0 Å². The van der Waals surface area contributed by atoms with E-state index in [1.165, 1.54) is 0 Å². The van der Waals surface area contributed by atoms with E-state index >= 15 is 0 Å². The van der Waals surface area contributed by atoms with Gasteiger partial charge in [-0.15, -0.1) is 0 Å². The Balaban J connectivity index is 1.54. The third-order valence-electron chi connectivity index (χ3n) is 4.23. The number of ether oxygens (including phenoxy) is 1. The van der Waals surface area contributed by atoms with Gasteiger partial charge in [0.2, 0.25) is 11.8 Å². The number of nitrogens with zero attached hydrogens (tertiary/aromatic N) is 5. The van der Waals surface area contributed by atoms with Crippen LogP contribution >= 0.6 is 0 Å². The molecule has 3 heterocycles. The molecule has 0 spiro atoms. The third-order valence-corrected chi connectivity index (χ3v) is 4.23. The van der Waals surface area contributed by atoms with Crippen molar-refractivity contribution in [3.05, 3.63) is 35.3 Å². The molecule has 0 aliphatic carbocycles. The molecule has 1 fully saturated rings. The van der Waals surface area contributed by atoms with E-state index in [1.807, 2.05) is 13.0 Å². The van der Waals surface area contributed by atoms with Crippen LogP contribution in [0.4, 0.5) is 10.3 Å². The number of piperidine rings is 1. The summed E-state index contributed by atoms with van der Waals surface area (Å²) in [5.74, 6) is 1.27. The molecule has 1 aliphatic heterocycles. The van der Waals surface area contributed by atoms with Gasteiger partial charge in [-0.1, -0.05) is 0 Å². The van der Waals surface area contributed by atoms with Gasteiger partial charge in [0.1, 0.15) is 5.82 Å². The zero-order chi connectivity index (χ0) is 17.1. The van der Waals surface area contributed by atoms with Crippen LogP contribution in [-0.2, 0) is 0 Å². The SMILES string of the molecule is Cc1ccnc(N2CCC(COc3nc(C)nc(C)c3F)CC2)n1. The summed E-state index contributed by atoms with van der Waals surface area (Å²) < 4.78 is 19.6. The Hall–Kier alpha value is -2.31. The molecule has 0 radical (unpaired) electrons. The van der Waals surface area contributed by atoms with Crippen LogP contribution in [0.25, 0.3) is 0 Å². The highest BCUT2D eigenvalue weighted by Crippen LogP contribution is 2.23. The summed E-state index contributed by atoms with van der Waals surface area (Å²) in [5, 5.41) is 0. The van der Waals surface area contributed by atoms with Crippen molar-refractivity contribution >= 4 is 5.95 Å². The van der Waals surface area contributed by atoms with Crippen molar-refractivity contribution in [2.24, 2.45) is 5.92 Å². The second kappa shape index (κ2) is 7.07. The average Bonchev–Trinajstić information content (AvgIpc) is 2.57. The van der Waals surface area contributed by atoms with E-state index in [9.17, 15) is 4.39 Å². The summed E-state index contributed by atoms with van der Waals surface area (Å²) in [7, 11) is 0. The Kier molecular flexibility index (Phi) is 4.87. The van der Waals surface area contributed by atoms with Crippen molar-refractivity contribution in [3.63, 3.8) is 0 Å². The molecule has 0 atom stereocenters. The second-order valence-electron chi connectivity index (χ2n) is 6.21. The highest BCUT2D eigenvalue weighted by Gasteiger charge is 2.22. The van der Waals surface area contributed by atoms with E-state index in [0.717, 1.165) is 37.6 Å². The monoisotopic (exact) mass is 331 g/mol. The third kappa shape index (κ3) is 3.77. The van der Waals surface area contributed by atoms with Crippen LogP contribution < -0.4 is 9.64 Å². The van der Waals surface area contributed by atoms with Gasteiger partial charge in [-0.2, -0.15) is 9.37 Å². The highest BCUT2D eigenvalue weighted by atomic mass is 19.1. The summed E-state index contributed by atoms with van der Waals surface area (Å²) in [6.45, 7) is 7.54. The van der Waals surface area contributed by atoms with E-state index in [-0.39, 0.29) is 5.88 Å². The van der Waals surface area contributed by atoms with Crippen LogP contribution in [0.15, 0.2) is 12.3 Å². The van der Waals surface area contributed by atoms with Crippen molar-refractivity contribution in [1.29, 1.82) is 0 Å². The van der Waals surface area contributed by atoms with Gasteiger partial charge in [0.05, 0.1) is 12.3 Å². The predicted octanol–water partition coefficient (Wildman–Crippen LogP) is 2.63. The summed E-state index contributed by atoms with van der Waals surface area (Å²) >= 11 is 0. The summed E-state index contributed by atoms with van der Waals surface area (Å²) in [6.07, 6.45) is 3.71. The minimum atomic E-state index is -0.466. The fourth-order valence-corrected chi connectivity index (χ4v) is 2.85. The van der Waals surface area contributed by atoms with Crippen molar-refractivity contribution < 1.29 is 9.13 Å². The van der Waals surface area contributed by atoms with Gasteiger partial charge < -0.3 is 9.64 Å². The number of anilines is 1.